The van der Waals surface area contributed by atoms with Gasteiger partial charge in [-0.15, -0.1) is 0 Å². The van der Waals surface area contributed by atoms with Crippen molar-refractivity contribution in [2.24, 2.45) is 0 Å². The summed E-state index contributed by atoms with van der Waals surface area (Å²) in [6.07, 6.45) is 3.96. The number of hydrogen-bond donors (Lipinski definition) is 0. The second-order valence-electron chi connectivity index (χ2n) is 16.5. The van der Waals surface area contributed by atoms with Crippen LogP contribution in [0.1, 0.15) is 33.4 Å². The fourth-order valence-electron chi connectivity index (χ4n) is 9.54. The third-order valence-corrected chi connectivity index (χ3v) is 12.0. The first-order valence-electron chi connectivity index (χ1n) is 21.0. The second-order valence-corrected chi connectivity index (χ2v) is 16.5. The lowest BCUT2D eigenvalue weighted by atomic mass is 9.93. The van der Waals surface area contributed by atoms with Gasteiger partial charge < -0.3 is 9.30 Å². The van der Waals surface area contributed by atoms with E-state index in [2.05, 4.69) is 221 Å². The summed E-state index contributed by atoms with van der Waals surface area (Å²) in [5.74, 6) is 2.57. The van der Waals surface area contributed by atoms with E-state index in [0.717, 1.165) is 67.5 Å². The number of fused-ring (bicyclic) bond motifs is 3. The molecule has 0 fully saturated rings. The molecule has 4 heteroatoms. The SMILES string of the molecule is Cc1cc(C)c(-n2ccnc2-c2cccc(-c3c(C)cc(Oc4c(-c5ccccc5)cc(C)cc4-c4ccc(-n5c6ccccc6c6ccccc65)cc4)cc3C)c2)c(C)c1. The first-order valence-corrected chi connectivity index (χ1v) is 21.0. The quantitative estimate of drug-likeness (QED) is 0.154. The van der Waals surface area contributed by atoms with Gasteiger partial charge in [0.15, 0.2) is 0 Å². The molecule has 0 aliphatic carbocycles. The summed E-state index contributed by atoms with van der Waals surface area (Å²) >= 11 is 0. The van der Waals surface area contributed by atoms with E-state index in [1.165, 1.54) is 55.3 Å². The molecule has 4 nitrogen and oxygen atoms in total. The largest absolute Gasteiger partial charge is 0.456 e. The summed E-state index contributed by atoms with van der Waals surface area (Å²) in [6, 6.07) is 58.9. The lowest BCUT2D eigenvalue weighted by Crippen LogP contribution is -2.02. The number of benzene rings is 8. The maximum atomic E-state index is 7.13. The van der Waals surface area contributed by atoms with Crippen molar-refractivity contribution >= 4 is 21.8 Å². The Hall–Kier alpha value is -7.43. The van der Waals surface area contributed by atoms with Gasteiger partial charge in [0.2, 0.25) is 0 Å². The fraction of sp³-hybridized carbons (Fsp3) is 0.105. The van der Waals surface area contributed by atoms with Gasteiger partial charge in [0.1, 0.15) is 17.3 Å². The minimum absolute atomic E-state index is 0.806. The van der Waals surface area contributed by atoms with Crippen LogP contribution in [0.4, 0.5) is 0 Å². The fourth-order valence-corrected chi connectivity index (χ4v) is 9.54. The Labute approximate surface area is 358 Å². The van der Waals surface area contributed by atoms with Gasteiger partial charge in [-0.1, -0.05) is 115 Å². The molecule has 0 saturated carbocycles. The third kappa shape index (κ3) is 6.80. The summed E-state index contributed by atoms with van der Waals surface area (Å²) in [4.78, 5) is 4.86. The van der Waals surface area contributed by atoms with E-state index in [-0.39, 0.29) is 0 Å². The molecule has 0 N–H and O–H groups in total. The number of para-hydroxylation sites is 2. The van der Waals surface area contributed by atoms with Crippen molar-refractivity contribution < 1.29 is 4.74 Å². The molecule has 10 aromatic rings. The van der Waals surface area contributed by atoms with E-state index >= 15 is 0 Å². The molecule has 2 aromatic heterocycles. The topological polar surface area (TPSA) is 32.0 Å². The number of imidazole rings is 1. The Balaban J connectivity index is 1.04. The Morgan fingerprint density at radius 2 is 1.00 bits per heavy atom. The van der Waals surface area contributed by atoms with E-state index in [1.807, 2.05) is 6.20 Å². The zero-order valence-corrected chi connectivity index (χ0v) is 35.5. The maximum Gasteiger partial charge on any atom is 0.144 e. The minimum atomic E-state index is 0.806. The Bertz CT molecular complexity index is 3180. The zero-order chi connectivity index (χ0) is 41.8. The molecule has 0 unspecified atom stereocenters. The average Bonchev–Trinajstić information content (AvgIpc) is 3.87. The van der Waals surface area contributed by atoms with Crippen molar-refractivity contribution in [3.8, 4) is 67.6 Å². The summed E-state index contributed by atoms with van der Waals surface area (Å²) in [5.41, 5.74) is 19.6. The highest BCUT2D eigenvalue weighted by Crippen LogP contribution is 2.44. The number of aromatic nitrogens is 3. The smallest absolute Gasteiger partial charge is 0.144 e. The van der Waals surface area contributed by atoms with Crippen LogP contribution in [0.2, 0.25) is 0 Å². The monoisotopic (exact) mass is 789 g/mol. The van der Waals surface area contributed by atoms with Gasteiger partial charge in [0, 0.05) is 45.5 Å². The van der Waals surface area contributed by atoms with Crippen molar-refractivity contribution in [1.29, 1.82) is 0 Å². The third-order valence-electron chi connectivity index (χ3n) is 12.0. The van der Waals surface area contributed by atoms with E-state index < -0.39 is 0 Å². The summed E-state index contributed by atoms with van der Waals surface area (Å²) in [5, 5.41) is 2.51. The molecule has 61 heavy (non-hydrogen) atoms. The highest BCUT2D eigenvalue weighted by molar-refractivity contribution is 6.09. The number of ether oxygens (including phenoxy) is 1. The molecule has 8 aromatic carbocycles. The molecular weight excluding hydrogens is 743 g/mol. The normalized spacial score (nSPS) is 11.4. The molecule has 0 aliphatic heterocycles. The van der Waals surface area contributed by atoms with Crippen LogP contribution in [-0.4, -0.2) is 14.1 Å². The molecular formula is C57H47N3O. The Morgan fingerprint density at radius 3 is 1.64 bits per heavy atom. The van der Waals surface area contributed by atoms with Gasteiger partial charge in [0.25, 0.3) is 0 Å². The molecule has 296 valence electrons. The van der Waals surface area contributed by atoms with Gasteiger partial charge in [-0.25, -0.2) is 4.98 Å². The van der Waals surface area contributed by atoms with Crippen LogP contribution >= 0.6 is 0 Å². The first-order chi connectivity index (χ1) is 29.7. The Morgan fingerprint density at radius 1 is 0.459 bits per heavy atom. The number of nitrogens with zero attached hydrogens (tertiary/aromatic N) is 3. The van der Waals surface area contributed by atoms with Crippen LogP contribution in [0.25, 0.3) is 77.9 Å². The van der Waals surface area contributed by atoms with Crippen LogP contribution < -0.4 is 4.74 Å². The van der Waals surface area contributed by atoms with Gasteiger partial charge in [-0.05, 0) is 146 Å². The number of rotatable bonds is 8. The lowest BCUT2D eigenvalue weighted by molar-refractivity contribution is 0.485. The van der Waals surface area contributed by atoms with Crippen LogP contribution in [0.15, 0.2) is 176 Å². The second kappa shape index (κ2) is 15.3. The Kier molecular flexibility index (Phi) is 9.49. The molecule has 10 rings (SSSR count). The molecule has 0 radical (unpaired) electrons. The van der Waals surface area contributed by atoms with Crippen molar-refractivity contribution in [2.75, 3.05) is 0 Å². The van der Waals surface area contributed by atoms with E-state index in [0.29, 0.717) is 0 Å². The predicted molar refractivity (Wildman–Crippen MR) is 255 cm³/mol. The standard InChI is InChI=1S/C57H47N3O/c1-36-29-40(5)55(41(6)30-36)59-28-27-58-57(59)45-18-14-17-44(35-45)54-38(3)33-47(34-39(54)4)61-56-50(42-15-8-7-9-16-42)31-37(2)32-51(56)43-23-25-46(26-24-43)60-52-21-12-10-19-48(52)49-20-11-13-22-53(49)60/h7-35H,1-6H3. The van der Waals surface area contributed by atoms with Gasteiger partial charge in [0.05, 0.1) is 16.7 Å². The number of hydrogen-bond acceptors (Lipinski definition) is 2. The molecule has 0 aliphatic rings. The van der Waals surface area contributed by atoms with Crippen molar-refractivity contribution in [2.45, 2.75) is 41.5 Å². The molecule has 0 amide bonds. The van der Waals surface area contributed by atoms with Crippen LogP contribution in [0.5, 0.6) is 11.5 Å². The zero-order valence-electron chi connectivity index (χ0n) is 35.5. The molecule has 0 atom stereocenters. The molecule has 0 saturated heterocycles. The van der Waals surface area contributed by atoms with Crippen LogP contribution in [0, 0.1) is 41.5 Å². The summed E-state index contributed by atoms with van der Waals surface area (Å²) < 4.78 is 11.7. The molecule has 0 bridgehead atoms. The summed E-state index contributed by atoms with van der Waals surface area (Å²) in [6.45, 7) is 13.0. The van der Waals surface area contributed by atoms with E-state index in [9.17, 15) is 0 Å². The maximum absolute atomic E-state index is 7.13. The predicted octanol–water partition coefficient (Wildman–Crippen LogP) is 15.3. The van der Waals surface area contributed by atoms with E-state index in [1.54, 1.807) is 0 Å². The summed E-state index contributed by atoms with van der Waals surface area (Å²) in [7, 11) is 0. The average molecular weight is 790 g/mol. The van der Waals surface area contributed by atoms with Gasteiger partial charge in [-0.3, -0.25) is 4.57 Å². The highest BCUT2D eigenvalue weighted by atomic mass is 16.5. The van der Waals surface area contributed by atoms with Gasteiger partial charge in [-0.2, -0.15) is 0 Å². The lowest BCUT2D eigenvalue weighted by Gasteiger charge is -2.20. The van der Waals surface area contributed by atoms with Crippen molar-refractivity contribution in [1.82, 2.24) is 14.1 Å². The van der Waals surface area contributed by atoms with Crippen LogP contribution in [0.3, 0.4) is 0 Å². The minimum Gasteiger partial charge on any atom is -0.456 e. The van der Waals surface area contributed by atoms with E-state index in [4.69, 9.17) is 9.72 Å². The molecule has 2 heterocycles. The van der Waals surface area contributed by atoms with Crippen molar-refractivity contribution in [3.63, 3.8) is 0 Å². The first kappa shape index (κ1) is 37.8. The highest BCUT2D eigenvalue weighted by Gasteiger charge is 2.20. The molecule has 0 spiro atoms. The van der Waals surface area contributed by atoms with Gasteiger partial charge >= 0.3 is 0 Å². The van der Waals surface area contributed by atoms with Crippen LogP contribution in [-0.2, 0) is 0 Å². The van der Waals surface area contributed by atoms with Crippen molar-refractivity contribution in [3.05, 3.63) is 210 Å². The number of aryl methyl sites for hydroxylation is 6.